The van der Waals surface area contributed by atoms with E-state index in [1.165, 1.54) is 12.8 Å². The SMILES string of the molecule is Cc1ccc(NCC(=O)NC2CCCC2)cc1Cl. The van der Waals surface area contributed by atoms with Gasteiger partial charge in [0.25, 0.3) is 0 Å². The van der Waals surface area contributed by atoms with Crippen LogP contribution < -0.4 is 10.6 Å². The summed E-state index contributed by atoms with van der Waals surface area (Å²) < 4.78 is 0. The molecule has 0 unspecified atom stereocenters. The minimum Gasteiger partial charge on any atom is -0.376 e. The van der Waals surface area contributed by atoms with Gasteiger partial charge in [0.05, 0.1) is 6.54 Å². The summed E-state index contributed by atoms with van der Waals surface area (Å²) in [6, 6.07) is 6.10. The van der Waals surface area contributed by atoms with Crippen LogP contribution in [0.4, 0.5) is 5.69 Å². The first-order chi connectivity index (χ1) is 8.65. The van der Waals surface area contributed by atoms with E-state index < -0.39 is 0 Å². The lowest BCUT2D eigenvalue weighted by Crippen LogP contribution is -2.36. The van der Waals surface area contributed by atoms with Crippen LogP contribution in [-0.2, 0) is 4.79 Å². The topological polar surface area (TPSA) is 41.1 Å². The molecule has 1 aromatic carbocycles. The van der Waals surface area contributed by atoms with E-state index >= 15 is 0 Å². The maximum absolute atomic E-state index is 11.7. The van der Waals surface area contributed by atoms with E-state index in [1.807, 2.05) is 25.1 Å². The van der Waals surface area contributed by atoms with Gasteiger partial charge >= 0.3 is 0 Å². The van der Waals surface area contributed by atoms with Gasteiger partial charge in [0.1, 0.15) is 0 Å². The minimum atomic E-state index is 0.0543. The van der Waals surface area contributed by atoms with Crippen molar-refractivity contribution in [3.8, 4) is 0 Å². The smallest absolute Gasteiger partial charge is 0.239 e. The summed E-state index contributed by atoms with van der Waals surface area (Å²) in [4.78, 5) is 11.7. The molecule has 0 bridgehead atoms. The van der Waals surface area contributed by atoms with Crippen molar-refractivity contribution in [2.24, 2.45) is 0 Å². The standard InChI is InChI=1S/C14H19ClN2O/c1-10-6-7-12(8-13(10)15)16-9-14(18)17-11-4-2-3-5-11/h6-8,11,16H,2-5,9H2,1H3,(H,17,18). The number of rotatable bonds is 4. The Bertz CT molecular complexity index is 428. The van der Waals surface area contributed by atoms with Crippen LogP contribution in [0.15, 0.2) is 18.2 Å². The number of aryl methyl sites for hydroxylation is 1. The lowest BCUT2D eigenvalue weighted by molar-refractivity contribution is -0.120. The third-order valence-electron chi connectivity index (χ3n) is 3.35. The molecule has 0 saturated heterocycles. The number of carbonyl (C=O) groups is 1. The summed E-state index contributed by atoms with van der Waals surface area (Å²) in [5.41, 5.74) is 1.92. The van der Waals surface area contributed by atoms with Gasteiger partial charge in [-0.3, -0.25) is 4.79 Å². The Hall–Kier alpha value is -1.22. The molecule has 0 radical (unpaired) electrons. The van der Waals surface area contributed by atoms with Crippen LogP contribution >= 0.6 is 11.6 Å². The van der Waals surface area contributed by atoms with E-state index in [4.69, 9.17) is 11.6 Å². The van der Waals surface area contributed by atoms with Crippen molar-refractivity contribution in [3.05, 3.63) is 28.8 Å². The average molecular weight is 267 g/mol. The number of carbonyl (C=O) groups excluding carboxylic acids is 1. The van der Waals surface area contributed by atoms with Crippen molar-refractivity contribution in [1.82, 2.24) is 5.32 Å². The molecule has 1 aliphatic rings. The van der Waals surface area contributed by atoms with Gasteiger partial charge in [-0.05, 0) is 37.5 Å². The minimum absolute atomic E-state index is 0.0543. The Morgan fingerprint density at radius 3 is 2.78 bits per heavy atom. The Kier molecular flexibility index (Phi) is 4.48. The molecule has 0 aromatic heterocycles. The zero-order chi connectivity index (χ0) is 13.0. The maximum Gasteiger partial charge on any atom is 0.239 e. The molecule has 3 nitrogen and oxygen atoms in total. The molecule has 1 aromatic rings. The predicted octanol–water partition coefficient (Wildman–Crippen LogP) is 3.12. The van der Waals surface area contributed by atoms with E-state index in [0.29, 0.717) is 12.6 Å². The number of halogens is 1. The van der Waals surface area contributed by atoms with Gasteiger partial charge < -0.3 is 10.6 Å². The molecule has 1 amide bonds. The highest BCUT2D eigenvalue weighted by Crippen LogP contribution is 2.20. The summed E-state index contributed by atoms with van der Waals surface area (Å²) in [6.07, 6.45) is 4.68. The number of anilines is 1. The number of benzene rings is 1. The van der Waals surface area contributed by atoms with Crippen LogP contribution in [0.5, 0.6) is 0 Å². The first kappa shape index (κ1) is 13.2. The molecule has 0 atom stereocenters. The highest BCUT2D eigenvalue weighted by Gasteiger charge is 2.16. The molecule has 1 fully saturated rings. The van der Waals surface area contributed by atoms with Gasteiger partial charge in [-0.1, -0.05) is 30.5 Å². The molecule has 0 aliphatic heterocycles. The van der Waals surface area contributed by atoms with E-state index in [0.717, 1.165) is 29.1 Å². The summed E-state index contributed by atoms with van der Waals surface area (Å²) in [5.74, 6) is 0.0543. The fourth-order valence-corrected chi connectivity index (χ4v) is 2.41. The van der Waals surface area contributed by atoms with Crippen LogP contribution in [0.3, 0.4) is 0 Å². The summed E-state index contributed by atoms with van der Waals surface area (Å²) >= 11 is 6.03. The lowest BCUT2D eigenvalue weighted by atomic mass is 10.2. The Morgan fingerprint density at radius 1 is 1.39 bits per heavy atom. The van der Waals surface area contributed by atoms with Gasteiger partial charge in [0.2, 0.25) is 5.91 Å². The molecule has 1 saturated carbocycles. The Morgan fingerprint density at radius 2 is 2.11 bits per heavy atom. The molecule has 2 rings (SSSR count). The lowest BCUT2D eigenvalue weighted by Gasteiger charge is -2.13. The van der Waals surface area contributed by atoms with E-state index in [9.17, 15) is 4.79 Å². The van der Waals surface area contributed by atoms with Crippen LogP contribution in [0.1, 0.15) is 31.2 Å². The second-order valence-corrected chi connectivity index (χ2v) is 5.27. The highest BCUT2D eigenvalue weighted by atomic mass is 35.5. The van der Waals surface area contributed by atoms with Gasteiger partial charge in [0, 0.05) is 16.8 Å². The summed E-state index contributed by atoms with van der Waals surface area (Å²) in [6.45, 7) is 2.26. The van der Waals surface area contributed by atoms with Crippen molar-refractivity contribution in [3.63, 3.8) is 0 Å². The van der Waals surface area contributed by atoms with Gasteiger partial charge in [-0.25, -0.2) is 0 Å². The van der Waals surface area contributed by atoms with Gasteiger partial charge in [0.15, 0.2) is 0 Å². The fraction of sp³-hybridized carbons (Fsp3) is 0.500. The third-order valence-corrected chi connectivity index (χ3v) is 3.75. The van der Waals surface area contributed by atoms with Crippen molar-refractivity contribution < 1.29 is 4.79 Å². The number of nitrogens with one attached hydrogen (secondary N) is 2. The molecule has 2 N–H and O–H groups in total. The normalized spacial score (nSPS) is 15.7. The van der Waals surface area contributed by atoms with Gasteiger partial charge in [-0.2, -0.15) is 0 Å². The predicted molar refractivity (Wildman–Crippen MR) is 75.1 cm³/mol. The number of amides is 1. The van der Waals surface area contributed by atoms with E-state index in [1.54, 1.807) is 0 Å². The molecule has 1 aliphatic carbocycles. The van der Waals surface area contributed by atoms with E-state index in [2.05, 4.69) is 10.6 Å². The van der Waals surface area contributed by atoms with Gasteiger partial charge in [-0.15, -0.1) is 0 Å². The molecule has 0 spiro atoms. The first-order valence-electron chi connectivity index (χ1n) is 6.44. The van der Waals surface area contributed by atoms with Crippen molar-refractivity contribution >= 4 is 23.2 Å². The summed E-state index contributed by atoms with van der Waals surface area (Å²) in [5, 5.41) is 6.85. The number of hydrogen-bond donors (Lipinski definition) is 2. The quantitative estimate of drug-likeness (QED) is 0.879. The average Bonchev–Trinajstić information content (AvgIpc) is 2.83. The Balaban J connectivity index is 1.79. The van der Waals surface area contributed by atoms with Crippen LogP contribution in [0.25, 0.3) is 0 Å². The molecule has 4 heteroatoms. The molecule has 18 heavy (non-hydrogen) atoms. The zero-order valence-electron chi connectivity index (χ0n) is 10.6. The molecule has 98 valence electrons. The van der Waals surface area contributed by atoms with Crippen molar-refractivity contribution in [1.29, 1.82) is 0 Å². The maximum atomic E-state index is 11.7. The van der Waals surface area contributed by atoms with Crippen molar-refractivity contribution in [2.45, 2.75) is 38.6 Å². The monoisotopic (exact) mass is 266 g/mol. The van der Waals surface area contributed by atoms with Crippen LogP contribution in [0, 0.1) is 6.92 Å². The van der Waals surface area contributed by atoms with E-state index in [-0.39, 0.29) is 5.91 Å². The van der Waals surface area contributed by atoms with Crippen molar-refractivity contribution in [2.75, 3.05) is 11.9 Å². The second kappa shape index (κ2) is 6.10. The second-order valence-electron chi connectivity index (χ2n) is 4.87. The van der Waals surface area contributed by atoms with Crippen LogP contribution in [-0.4, -0.2) is 18.5 Å². The molecule has 0 heterocycles. The third kappa shape index (κ3) is 3.64. The number of hydrogen-bond acceptors (Lipinski definition) is 2. The fourth-order valence-electron chi connectivity index (χ4n) is 2.23. The molecular formula is C14H19ClN2O. The molecular weight excluding hydrogens is 248 g/mol. The summed E-state index contributed by atoms with van der Waals surface area (Å²) in [7, 11) is 0. The zero-order valence-corrected chi connectivity index (χ0v) is 11.4. The Labute approximate surface area is 113 Å². The highest BCUT2D eigenvalue weighted by molar-refractivity contribution is 6.31. The first-order valence-corrected chi connectivity index (χ1v) is 6.82. The van der Waals surface area contributed by atoms with Crippen LogP contribution in [0.2, 0.25) is 5.02 Å². The largest absolute Gasteiger partial charge is 0.376 e.